The summed E-state index contributed by atoms with van der Waals surface area (Å²) in [5.41, 5.74) is 1.41. The summed E-state index contributed by atoms with van der Waals surface area (Å²) in [6.45, 7) is 5.39. The van der Waals surface area contributed by atoms with Crippen molar-refractivity contribution in [1.82, 2.24) is 15.3 Å². The SMILES string of the molecule is Cc1c(C(C)NCCc2ncc[nH]2)sc2ccccc12. The van der Waals surface area contributed by atoms with Crippen LogP contribution in [0, 0.1) is 6.92 Å². The second kappa shape index (κ2) is 5.77. The molecule has 0 aliphatic carbocycles. The topological polar surface area (TPSA) is 40.7 Å². The standard InChI is InChI=1S/C16H19N3S/c1-11-13-5-3-4-6-14(13)20-16(11)12(2)17-8-7-15-18-9-10-19-15/h3-6,9-10,12,17H,7-8H2,1-2H3,(H,18,19). The molecule has 0 fully saturated rings. The highest BCUT2D eigenvalue weighted by Gasteiger charge is 2.13. The Balaban J connectivity index is 1.69. The van der Waals surface area contributed by atoms with E-state index < -0.39 is 0 Å². The maximum atomic E-state index is 4.25. The molecule has 2 heterocycles. The molecule has 20 heavy (non-hydrogen) atoms. The summed E-state index contributed by atoms with van der Waals surface area (Å²) >= 11 is 1.89. The largest absolute Gasteiger partial charge is 0.349 e. The molecule has 4 heteroatoms. The molecule has 1 atom stereocenters. The summed E-state index contributed by atoms with van der Waals surface area (Å²) in [5.74, 6) is 1.04. The zero-order valence-electron chi connectivity index (χ0n) is 11.8. The number of aromatic nitrogens is 2. The molecule has 3 nitrogen and oxygen atoms in total. The first kappa shape index (κ1) is 13.3. The van der Waals surface area contributed by atoms with Gasteiger partial charge in [-0.2, -0.15) is 0 Å². The zero-order chi connectivity index (χ0) is 13.9. The number of hydrogen-bond donors (Lipinski definition) is 2. The van der Waals surface area contributed by atoms with Crippen molar-refractivity contribution < 1.29 is 0 Å². The summed E-state index contributed by atoms with van der Waals surface area (Å²) in [7, 11) is 0. The van der Waals surface area contributed by atoms with Gasteiger partial charge in [0, 0.05) is 41.0 Å². The van der Waals surface area contributed by atoms with E-state index in [0.717, 1.165) is 18.8 Å². The summed E-state index contributed by atoms with van der Waals surface area (Å²) in [5, 5.41) is 4.97. The lowest BCUT2D eigenvalue weighted by atomic mass is 10.1. The molecule has 3 rings (SSSR count). The Labute approximate surface area is 123 Å². The Kier molecular flexibility index (Phi) is 3.85. The van der Waals surface area contributed by atoms with Crippen molar-refractivity contribution in [1.29, 1.82) is 0 Å². The van der Waals surface area contributed by atoms with Gasteiger partial charge in [0.1, 0.15) is 5.82 Å². The van der Waals surface area contributed by atoms with Crippen LogP contribution in [0.1, 0.15) is 29.2 Å². The maximum Gasteiger partial charge on any atom is 0.107 e. The van der Waals surface area contributed by atoms with Gasteiger partial charge >= 0.3 is 0 Å². The van der Waals surface area contributed by atoms with Gasteiger partial charge in [-0.25, -0.2) is 4.98 Å². The van der Waals surface area contributed by atoms with Crippen molar-refractivity contribution in [2.45, 2.75) is 26.3 Å². The number of imidazole rings is 1. The number of fused-ring (bicyclic) bond motifs is 1. The van der Waals surface area contributed by atoms with E-state index in [1.807, 2.05) is 17.5 Å². The molecule has 0 saturated carbocycles. The summed E-state index contributed by atoms with van der Waals surface area (Å²) in [4.78, 5) is 8.82. The van der Waals surface area contributed by atoms with E-state index >= 15 is 0 Å². The fraction of sp³-hybridized carbons (Fsp3) is 0.312. The minimum atomic E-state index is 0.377. The van der Waals surface area contributed by atoms with Gasteiger partial charge in [-0.15, -0.1) is 11.3 Å². The van der Waals surface area contributed by atoms with Crippen molar-refractivity contribution in [3.05, 3.63) is 52.9 Å². The van der Waals surface area contributed by atoms with E-state index in [9.17, 15) is 0 Å². The van der Waals surface area contributed by atoms with Crippen molar-refractivity contribution in [2.24, 2.45) is 0 Å². The molecule has 2 aromatic heterocycles. The van der Waals surface area contributed by atoms with Crippen LogP contribution in [0.5, 0.6) is 0 Å². The van der Waals surface area contributed by atoms with Gasteiger partial charge in [0.25, 0.3) is 0 Å². The number of H-pyrrole nitrogens is 1. The molecule has 0 spiro atoms. The Morgan fingerprint density at radius 1 is 1.35 bits per heavy atom. The normalized spacial score (nSPS) is 12.9. The maximum absolute atomic E-state index is 4.25. The van der Waals surface area contributed by atoms with Crippen LogP contribution in [0.4, 0.5) is 0 Å². The highest BCUT2D eigenvalue weighted by molar-refractivity contribution is 7.19. The number of benzene rings is 1. The predicted molar refractivity (Wildman–Crippen MR) is 85.3 cm³/mol. The minimum Gasteiger partial charge on any atom is -0.349 e. The Morgan fingerprint density at radius 2 is 2.20 bits per heavy atom. The van der Waals surface area contributed by atoms with Gasteiger partial charge in [-0.3, -0.25) is 0 Å². The van der Waals surface area contributed by atoms with Crippen LogP contribution < -0.4 is 5.32 Å². The molecule has 0 amide bonds. The molecule has 0 bridgehead atoms. The average molecular weight is 285 g/mol. The zero-order valence-corrected chi connectivity index (χ0v) is 12.6. The lowest BCUT2D eigenvalue weighted by molar-refractivity contribution is 0.577. The molecule has 3 aromatic rings. The average Bonchev–Trinajstić information content (AvgIpc) is 3.08. The smallest absolute Gasteiger partial charge is 0.107 e. The third-order valence-electron chi connectivity index (χ3n) is 3.64. The second-order valence-corrected chi connectivity index (χ2v) is 6.13. The van der Waals surface area contributed by atoms with Crippen LogP contribution in [-0.2, 0) is 6.42 Å². The third kappa shape index (κ3) is 2.62. The van der Waals surface area contributed by atoms with Gasteiger partial charge in [-0.1, -0.05) is 18.2 Å². The molecule has 0 radical (unpaired) electrons. The van der Waals surface area contributed by atoms with Gasteiger partial charge < -0.3 is 10.3 Å². The number of hydrogen-bond acceptors (Lipinski definition) is 3. The van der Waals surface area contributed by atoms with Crippen LogP contribution in [0.25, 0.3) is 10.1 Å². The highest BCUT2D eigenvalue weighted by Crippen LogP contribution is 2.34. The molecule has 1 aromatic carbocycles. The molecule has 0 saturated heterocycles. The number of nitrogens with one attached hydrogen (secondary N) is 2. The van der Waals surface area contributed by atoms with Crippen LogP contribution in [0.2, 0.25) is 0 Å². The van der Waals surface area contributed by atoms with E-state index in [2.05, 4.69) is 53.4 Å². The predicted octanol–water partition coefficient (Wildman–Crippen LogP) is 3.83. The van der Waals surface area contributed by atoms with Crippen LogP contribution in [-0.4, -0.2) is 16.5 Å². The summed E-state index contributed by atoms with van der Waals surface area (Å²) in [6.07, 6.45) is 4.60. The van der Waals surface area contributed by atoms with Crippen LogP contribution in [0.3, 0.4) is 0 Å². The Morgan fingerprint density at radius 3 is 2.95 bits per heavy atom. The summed E-state index contributed by atoms with van der Waals surface area (Å²) < 4.78 is 1.37. The van der Waals surface area contributed by atoms with E-state index in [-0.39, 0.29) is 0 Å². The molecule has 2 N–H and O–H groups in total. The van der Waals surface area contributed by atoms with Gasteiger partial charge in [0.2, 0.25) is 0 Å². The first-order chi connectivity index (χ1) is 9.75. The Bertz CT molecular complexity index is 685. The molecular weight excluding hydrogens is 266 g/mol. The summed E-state index contributed by atoms with van der Waals surface area (Å²) in [6, 6.07) is 9.01. The molecule has 0 aliphatic rings. The first-order valence-corrected chi connectivity index (χ1v) is 7.77. The lowest BCUT2D eigenvalue weighted by Gasteiger charge is -2.12. The van der Waals surface area contributed by atoms with Crippen LogP contribution >= 0.6 is 11.3 Å². The number of rotatable bonds is 5. The third-order valence-corrected chi connectivity index (χ3v) is 5.10. The van der Waals surface area contributed by atoms with E-state index in [1.54, 1.807) is 6.20 Å². The first-order valence-electron chi connectivity index (χ1n) is 6.95. The van der Waals surface area contributed by atoms with E-state index in [0.29, 0.717) is 6.04 Å². The second-order valence-electron chi connectivity index (χ2n) is 5.05. The quantitative estimate of drug-likeness (QED) is 0.748. The van der Waals surface area contributed by atoms with Gasteiger partial charge in [0.05, 0.1) is 0 Å². The van der Waals surface area contributed by atoms with Gasteiger partial charge in [0.15, 0.2) is 0 Å². The van der Waals surface area contributed by atoms with Gasteiger partial charge in [-0.05, 0) is 30.9 Å². The monoisotopic (exact) mass is 285 g/mol. The molecule has 104 valence electrons. The minimum absolute atomic E-state index is 0.377. The fourth-order valence-corrected chi connectivity index (χ4v) is 3.78. The highest BCUT2D eigenvalue weighted by atomic mass is 32.1. The van der Waals surface area contributed by atoms with Crippen molar-refractivity contribution in [3.63, 3.8) is 0 Å². The molecular formula is C16H19N3S. The number of nitrogens with zero attached hydrogens (tertiary/aromatic N) is 1. The number of aryl methyl sites for hydroxylation is 1. The molecule has 0 aliphatic heterocycles. The number of aromatic amines is 1. The molecule has 1 unspecified atom stereocenters. The fourth-order valence-electron chi connectivity index (χ4n) is 2.54. The van der Waals surface area contributed by atoms with E-state index in [4.69, 9.17) is 0 Å². The van der Waals surface area contributed by atoms with Crippen LogP contribution in [0.15, 0.2) is 36.7 Å². The van der Waals surface area contributed by atoms with E-state index in [1.165, 1.54) is 20.5 Å². The van der Waals surface area contributed by atoms with Crippen molar-refractivity contribution >= 4 is 21.4 Å². The Hall–Kier alpha value is -1.65. The van der Waals surface area contributed by atoms with Crippen molar-refractivity contribution in [2.75, 3.05) is 6.54 Å². The van der Waals surface area contributed by atoms with Crippen molar-refractivity contribution in [3.8, 4) is 0 Å². The number of thiophene rings is 1. The lowest BCUT2D eigenvalue weighted by Crippen LogP contribution is -2.21.